The first-order valence-corrected chi connectivity index (χ1v) is 6.32. The molecule has 0 heterocycles. The van der Waals surface area contributed by atoms with E-state index in [-0.39, 0.29) is 18.1 Å². The van der Waals surface area contributed by atoms with E-state index in [9.17, 15) is 18.0 Å². The number of benzene rings is 2. The first-order chi connectivity index (χ1) is 10.3. The molecule has 0 radical (unpaired) electrons. The van der Waals surface area contributed by atoms with Crippen molar-refractivity contribution < 1.29 is 22.7 Å². The quantitative estimate of drug-likeness (QED) is 0.851. The van der Waals surface area contributed by atoms with Gasteiger partial charge in [-0.25, -0.2) is 0 Å². The number of carbonyl (C=O) groups excluding carboxylic acids is 1. The Labute approximate surface area is 124 Å². The zero-order valence-corrected chi connectivity index (χ0v) is 11.4. The lowest BCUT2D eigenvalue weighted by atomic mass is 10.1. The maximum atomic E-state index is 12.0. The van der Waals surface area contributed by atoms with Crippen LogP contribution in [-0.2, 0) is 11.2 Å². The van der Waals surface area contributed by atoms with Gasteiger partial charge in [0.1, 0.15) is 5.75 Å². The van der Waals surface area contributed by atoms with Crippen LogP contribution in [-0.4, -0.2) is 12.3 Å². The topological polar surface area (TPSA) is 64.4 Å². The van der Waals surface area contributed by atoms with E-state index < -0.39 is 6.36 Å². The van der Waals surface area contributed by atoms with Crippen molar-refractivity contribution >= 4 is 17.3 Å². The summed E-state index contributed by atoms with van der Waals surface area (Å²) in [6, 6.07) is 11.8. The highest BCUT2D eigenvalue weighted by molar-refractivity contribution is 5.92. The first-order valence-electron chi connectivity index (χ1n) is 6.32. The van der Waals surface area contributed by atoms with Gasteiger partial charge in [-0.1, -0.05) is 12.1 Å². The smallest absolute Gasteiger partial charge is 0.406 e. The van der Waals surface area contributed by atoms with Gasteiger partial charge in [-0.3, -0.25) is 4.79 Å². The van der Waals surface area contributed by atoms with Crippen molar-refractivity contribution in [3.8, 4) is 5.75 Å². The first kappa shape index (κ1) is 15.7. The van der Waals surface area contributed by atoms with Crippen molar-refractivity contribution in [1.82, 2.24) is 0 Å². The molecule has 0 aliphatic rings. The molecule has 0 saturated heterocycles. The molecule has 22 heavy (non-hydrogen) atoms. The Kier molecular flexibility index (Phi) is 4.55. The molecule has 116 valence electrons. The predicted molar refractivity (Wildman–Crippen MR) is 76.3 cm³/mol. The van der Waals surface area contributed by atoms with Crippen molar-refractivity contribution in [3.05, 3.63) is 54.1 Å². The predicted octanol–water partition coefficient (Wildman–Crippen LogP) is 3.35. The zero-order chi connectivity index (χ0) is 16.2. The Morgan fingerprint density at radius 1 is 1.14 bits per heavy atom. The number of nitrogen functional groups attached to an aromatic ring is 1. The van der Waals surface area contributed by atoms with E-state index in [1.54, 1.807) is 24.3 Å². The van der Waals surface area contributed by atoms with Crippen LogP contribution in [0.2, 0.25) is 0 Å². The fourth-order valence-electron chi connectivity index (χ4n) is 1.83. The molecule has 0 fully saturated rings. The van der Waals surface area contributed by atoms with Gasteiger partial charge >= 0.3 is 6.36 Å². The molecule has 0 aliphatic carbocycles. The van der Waals surface area contributed by atoms with E-state index >= 15 is 0 Å². The lowest BCUT2D eigenvalue weighted by molar-refractivity contribution is -0.274. The average molecular weight is 310 g/mol. The number of alkyl halides is 3. The zero-order valence-electron chi connectivity index (χ0n) is 11.4. The molecule has 4 nitrogen and oxygen atoms in total. The summed E-state index contributed by atoms with van der Waals surface area (Å²) in [4.78, 5) is 11.8. The number of hydrogen-bond acceptors (Lipinski definition) is 3. The van der Waals surface area contributed by atoms with Crippen LogP contribution in [0.3, 0.4) is 0 Å². The third-order valence-electron chi connectivity index (χ3n) is 2.69. The number of halogens is 3. The normalized spacial score (nSPS) is 11.0. The van der Waals surface area contributed by atoms with Crippen molar-refractivity contribution in [2.45, 2.75) is 12.8 Å². The number of rotatable bonds is 4. The lowest BCUT2D eigenvalue weighted by Crippen LogP contribution is -2.17. The van der Waals surface area contributed by atoms with E-state index in [1.807, 2.05) is 0 Å². The minimum atomic E-state index is -4.74. The Morgan fingerprint density at radius 2 is 1.82 bits per heavy atom. The second-order valence-electron chi connectivity index (χ2n) is 4.54. The maximum absolute atomic E-state index is 12.0. The Hall–Kier alpha value is -2.70. The highest BCUT2D eigenvalue weighted by Crippen LogP contribution is 2.24. The molecular weight excluding hydrogens is 297 g/mol. The number of anilines is 2. The fraction of sp³-hybridized carbons (Fsp3) is 0.133. The van der Waals surface area contributed by atoms with Crippen LogP contribution >= 0.6 is 0 Å². The molecular formula is C15H13F3N2O2. The molecule has 7 heteroatoms. The van der Waals surface area contributed by atoms with Crippen LogP contribution < -0.4 is 15.8 Å². The minimum Gasteiger partial charge on any atom is -0.406 e. The summed E-state index contributed by atoms with van der Waals surface area (Å²) in [5.74, 6) is -0.642. The van der Waals surface area contributed by atoms with E-state index in [1.165, 1.54) is 12.1 Å². The summed E-state index contributed by atoms with van der Waals surface area (Å²) in [5.41, 5.74) is 7.29. The Morgan fingerprint density at radius 3 is 2.41 bits per heavy atom. The van der Waals surface area contributed by atoms with Crippen LogP contribution in [0.5, 0.6) is 5.75 Å². The molecule has 0 saturated carbocycles. The van der Waals surface area contributed by atoms with E-state index in [0.717, 1.165) is 17.7 Å². The van der Waals surface area contributed by atoms with Crippen molar-refractivity contribution in [2.24, 2.45) is 0 Å². The Bertz CT molecular complexity index is 655. The van der Waals surface area contributed by atoms with Crippen molar-refractivity contribution in [3.63, 3.8) is 0 Å². The summed E-state index contributed by atoms with van der Waals surface area (Å²) in [7, 11) is 0. The van der Waals surface area contributed by atoms with Gasteiger partial charge < -0.3 is 15.8 Å². The van der Waals surface area contributed by atoms with Gasteiger partial charge in [-0.15, -0.1) is 13.2 Å². The second kappa shape index (κ2) is 6.38. The average Bonchev–Trinajstić information content (AvgIpc) is 2.39. The number of carbonyl (C=O) groups is 1. The van der Waals surface area contributed by atoms with Crippen LogP contribution in [0.25, 0.3) is 0 Å². The summed E-state index contributed by atoms with van der Waals surface area (Å²) in [6.45, 7) is 0. The van der Waals surface area contributed by atoms with Crippen LogP contribution in [0.15, 0.2) is 48.5 Å². The second-order valence-corrected chi connectivity index (χ2v) is 4.54. The number of hydrogen-bond donors (Lipinski definition) is 2. The molecule has 2 aromatic carbocycles. The molecule has 2 aromatic rings. The highest BCUT2D eigenvalue weighted by atomic mass is 19.4. The van der Waals surface area contributed by atoms with E-state index in [4.69, 9.17) is 5.73 Å². The molecule has 2 rings (SSSR count). The number of nitrogens with two attached hydrogens (primary N) is 1. The van der Waals surface area contributed by atoms with Gasteiger partial charge in [0.15, 0.2) is 0 Å². The summed E-state index contributed by atoms with van der Waals surface area (Å²) in [6.07, 6.45) is -4.62. The molecule has 3 N–H and O–H groups in total. The molecule has 0 unspecified atom stereocenters. The van der Waals surface area contributed by atoms with Crippen molar-refractivity contribution in [2.75, 3.05) is 11.1 Å². The van der Waals surface area contributed by atoms with Crippen molar-refractivity contribution in [1.29, 1.82) is 0 Å². The number of amides is 1. The minimum absolute atomic E-state index is 0.117. The maximum Gasteiger partial charge on any atom is 0.573 e. The van der Waals surface area contributed by atoms with Gasteiger partial charge in [0, 0.05) is 11.4 Å². The monoisotopic (exact) mass is 310 g/mol. The molecule has 0 aliphatic heterocycles. The Balaban J connectivity index is 1.94. The van der Waals surface area contributed by atoms with Crippen LogP contribution in [0, 0.1) is 0 Å². The summed E-state index contributed by atoms with van der Waals surface area (Å²) in [5, 5.41) is 2.58. The van der Waals surface area contributed by atoms with Gasteiger partial charge in [0.2, 0.25) is 5.91 Å². The molecule has 1 amide bonds. The highest BCUT2D eigenvalue weighted by Gasteiger charge is 2.30. The van der Waals surface area contributed by atoms with E-state index in [2.05, 4.69) is 10.1 Å². The summed E-state index contributed by atoms with van der Waals surface area (Å²) >= 11 is 0. The van der Waals surface area contributed by atoms with Gasteiger partial charge in [-0.2, -0.15) is 0 Å². The lowest BCUT2D eigenvalue weighted by Gasteiger charge is -2.10. The number of nitrogens with one attached hydrogen (secondary N) is 1. The number of ether oxygens (including phenoxy) is 1. The SMILES string of the molecule is Nc1cccc(CC(=O)Nc2ccc(OC(F)(F)F)cc2)c1. The van der Waals surface area contributed by atoms with Gasteiger partial charge in [0.25, 0.3) is 0 Å². The molecule has 0 aromatic heterocycles. The standard InChI is InChI=1S/C15H13F3N2O2/c16-15(17,18)22-13-6-4-12(5-7-13)20-14(21)9-10-2-1-3-11(19)8-10/h1-8H,9,19H2,(H,20,21). The summed E-state index contributed by atoms with van der Waals surface area (Å²) < 4.78 is 39.8. The molecule has 0 bridgehead atoms. The van der Waals surface area contributed by atoms with Crippen LogP contribution in [0.1, 0.15) is 5.56 Å². The third-order valence-corrected chi connectivity index (χ3v) is 2.69. The third kappa shape index (κ3) is 5.01. The largest absolute Gasteiger partial charge is 0.573 e. The van der Waals surface area contributed by atoms with E-state index in [0.29, 0.717) is 11.4 Å². The fourth-order valence-corrected chi connectivity index (χ4v) is 1.83. The molecule has 0 spiro atoms. The molecule has 0 atom stereocenters. The van der Waals surface area contributed by atoms with Gasteiger partial charge in [-0.05, 0) is 42.0 Å². The van der Waals surface area contributed by atoms with Crippen LogP contribution in [0.4, 0.5) is 24.5 Å². The van der Waals surface area contributed by atoms with Gasteiger partial charge in [0.05, 0.1) is 6.42 Å².